The minimum atomic E-state index is -1.30. The zero-order chi connectivity index (χ0) is 13.0. The molecule has 1 atom stereocenters. The normalized spacial score (nSPS) is 11.4. The van der Waals surface area contributed by atoms with Crippen LogP contribution in [0.15, 0.2) is 22.7 Å². The SMILES string of the molecule is COC(=O)[C@@H](C#N)c1ccc(Br)cc1[N+](=O)[O-]. The number of hydrogen-bond acceptors (Lipinski definition) is 5. The fourth-order valence-corrected chi connectivity index (χ4v) is 1.64. The Morgan fingerprint density at radius 2 is 2.29 bits per heavy atom. The van der Waals surface area contributed by atoms with Gasteiger partial charge in [0.15, 0.2) is 5.92 Å². The van der Waals surface area contributed by atoms with E-state index in [1.54, 1.807) is 6.07 Å². The standard InChI is InChI=1S/C10H7BrN2O4/c1-17-10(14)8(5-12)7-3-2-6(11)4-9(7)13(15)16/h2-4,8H,1H3/t8-/m0/s1. The van der Waals surface area contributed by atoms with Gasteiger partial charge in [-0.05, 0) is 12.1 Å². The van der Waals surface area contributed by atoms with Gasteiger partial charge in [-0.3, -0.25) is 14.9 Å². The number of nitro groups is 1. The number of esters is 1. The molecule has 0 saturated carbocycles. The van der Waals surface area contributed by atoms with Crippen LogP contribution in [0, 0.1) is 21.4 Å². The third-order valence-electron chi connectivity index (χ3n) is 2.07. The number of carbonyl (C=O) groups excluding carboxylic acids is 1. The summed E-state index contributed by atoms with van der Waals surface area (Å²) in [5, 5.41) is 19.7. The van der Waals surface area contributed by atoms with Gasteiger partial charge in [-0.1, -0.05) is 15.9 Å². The molecular formula is C10H7BrN2O4. The van der Waals surface area contributed by atoms with E-state index in [4.69, 9.17) is 5.26 Å². The first-order valence-electron chi connectivity index (χ1n) is 4.42. The van der Waals surface area contributed by atoms with Gasteiger partial charge in [-0.2, -0.15) is 5.26 Å². The molecule has 0 aliphatic rings. The van der Waals surface area contributed by atoms with Gasteiger partial charge in [0.05, 0.1) is 23.7 Å². The molecule has 0 spiro atoms. The van der Waals surface area contributed by atoms with Crippen molar-refractivity contribution in [1.29, 1.82) is 5.26 Å². The molecule has 0 saturated heterocycles. The molecule has 0 unspecified atom stereocenters. The summed E-state index contributed by atoms with van der Waals surface area (Å²) in [6.07, 6.45) is 0. The molecule has 0 heterocycles. The maximum absolute atomic E-state index is 11.3. The largest absolute Gasteiger partial charge is 0.468 e. The van der Waals surface area contributed by atoms with E-state index in [-0.39, 0.29) is 11.3 Å². The number of halogens is 1. The molecule has 0 radical (unpaired) electrons. The highest BCUT2D eigenvalue weighted by atomic mass is 79.9. The number of hydrogen-bond donors (Lipinski definition) is 0. The first-order chi connectivity index (χ1) is 8.01. The lowest BCUT2D eigenvalue weighted by molar-refractivity contribution is -0.385. The summed E-state index contributed by atoms with van der Waals surface area (Å²) in [7, 11) is 1.12. The topological polar surface area (TPSA) is 93.2 Å². The molecule has 0 aromatic heterocycles. The Morgan fingerprint density at radius 1 is 1.65 bits per heavy atom. The predicted molar refractivity (Wildman–Crippen MR) is 61.2 cm³/mol. The number of nitro benzene ring substituents is 1. The summed E-state index contributed by atoms with van der Waals surface area (Å²) in [5.41, 5.74) is -0.274. The monoisotopic (exact) mass is 298 g/mol. The van der Waals surface area contributed by atoms with Crippen molar-refractivity contribution in [3.05, 3.63) is 38.3 Å². The van der Waals surface area contributed by atoms with E-state index in [2.05, 4.69) is 20.7 Å². The van der Waals surface area contributed by atoms with Crippen molar-refractivity contribution in [2.24, 2.45) is 0 Å². The van der Waals surface area contributed by atoms with E-state index in [0.29, 0.717) is 4.47 Å². The molecule has 6 nitrogen and oxygen atoms in total. The molecule has 0 amide bonds. The zero-order valence-electron chi connectivity index (χ0n) is 8.71. The van der Waals surface area contributed by atoms with Crippen molar-refractivity contribution in [1.82, 2.24) is 0 Å². The van der Waals surface area contributed by atoms with Crippen molar-refractivity contribution in [2.45, 2.75) is 5.92 Å². The van der Waals surface area contributed by atoms with E-state index in [1.165, 1.54) is 18.2 Å². The second kappa shape index (κ2) is 5.41. The van der Waals surface area contributed by atoms with Crippen LogP contribution in [-0.2, 0) is 9.53 Å². The lowest BCUT2D eigenvalue weighted by atomic mass is 9.99. The Labute approximate surface area is 105 Å². The van der Waals surface area contributed by atoms with Crippen LogP contribution in [0.5, 0.6) is 0 Å². The summed E-state index contributed by atoms with van der Waals surface area (Å²) >= 11 is 3.09. The Kier molecular flexibility index (Phi) is 4.17. The zero-order valence-corrected chi connectivity index (χ0v) is 10.3. The Morgan fingerprint density at radius 3 is 2.76 bits per heavy atom. The van der Waals surface area contributed by atoms with Gasteiger partial charge in [-0.25, -0.2) is 0 Å². The molecule has 1 rings (SSSR count). The molecule has 1 aromatic rings. The fourth-order valence-electron chi connectivity index (χ4n) is 1.29. The summed E-state index contributed by atoms with van der Waals surface area (Å²) in [6.45, 7) is 0. The van der Waals surface area contributed by atoms with Crippen molar-refractivity contribution in [3.8, 4) is 6.07 Å². The van der Waals surface area contributed by atoms with Crippen LogP contribution in [0.3, 0.4) is 0 Å². The maximum Gasteiger partial charge on any atom is 0.327 e. The highest BCUT2D eigenvalue weighted by Crippen LogP contribution is 2.30. The molecule has 0 bridgehead atoms. The van der Waals surface area contributed by atoms with Gasteiger partial charge >= 0.3 is 5.97 Å². The van der Waals surface area contributed by atoms with Gasteiger partial charge in [-0.15, -0.1) is 0 Å². The maximum atomic E-state index is 11.3. The lowest BCUT2D eigenvalue weighted by Gasteiger charge is -2.07. The van der Waals surface area contributed by atoms with Crippen molar-refractivity contribution < 1.29 is 14.5 Å². The quantitative estimate of drug-likeness (QED) is 0.484. The second-order valence-corrected chi connectivity index (χ2v) is 3.96. The predicted octanol–water partition coefficient (Wildman–Crippen LogP) is 2.14. The number of benzene rings is 1. The summed E-state index contributed by atoms with van der Waals surface area (Å²) in [6, 6.07) is 5.81. The number of ether oxygens (including phenoxy) is 1. The van der Waals surface area contributed by atoms with E-state index >= 15 is 0 Å². The molecule has 7 heteroatoms. The van der Waals surface area contributed by atoms with Crippen LogP contribution in [0.25, 0.3) is 0 Å². The first-order valence-corrected chi connectivity index (χ1v) is 5.21. The number of methoxy groups -OCH3 is 1. The van der Waals surface area contributed by atoms with E-state index in [9.17, 15) is 14.9 Å². The fraction of sp³-hybridized carbons (Fsp3) is 0.200. The van der Waals surface area contributed by atoms with Crippen molar-refractivity contribution >= 4 is 27.6 Å². The smallest absolute Gasteiger partial charge is 0.327 e. The molecule has 17 heavy (non-hydrogen) atoms. The van der Waals surface area contributed by atoms with Gasteiger partial charge in [0, 0.05) is 10.5 Å². The van der Waals surface area contributed by atoms with Crippen LogP contribution < -0.4 is 0 Å². The molecule has 1 aromatic carbocycles. The summed E-state index contributed by atoms with van der Waals surface area (Å²) in [4.78, 5) is 21.5. The van der Waals surface area contributed by atoms with Gasteiger partial charge < -0.3 is 4.74 Å². The Balaban J connectivity index is 3.34. The number of carbonyl (C=O) groups is 1. The minimum absolute atomic E-state index is 0.0209. The third kappa shape index (κ3) is 2.79. The van der Waals surface area contributed by atoms with Gasteiger partial charge in [0.2, 0.25) is 0 Å². The van der Waals surface area contributed by atoms with E-state index < -0.39 is 16.8 Å². The molecule has 88 valence electrons. The molecule has 0 N–H and O–H groups in total. The highest BCUT2D eigenvalue weighted by Gasteiger charge is 2.28. The molecule has 0 aliphatic carbocycles. The minimum Gasteiger partial charge on any atom is -0.468 e. The summed E-state index contributed by atoms with van der Waals surface area (Å²) < 4.78 is 4.92. The van der Waals surface area contributed by atoms with Crippen LogP contribution in [-0.4, -0.2) is 18.0 Å². The second-order valence-electron chi connectivity index (χ2n) is 3.05. The molecular weight excluding hydrogens is 292 g/mol. The van der Waals surface area contributed by atoms with Gasteiger partial charge in [0.25, 0.3) is 5.69 Å². The lowest BCUT2D eigenvalue weighted by Crippen LogP contribution is -2.14. The average molecular weight is 299 g/mol. The number of nitrogens with zero attached hydrogens (tertiary/aromatic N) is 2. The Bertz CT molecular complexity index is 510. The van der Waals surface area contributed by atoms with E-state index in [0.717, 1.165) is 7.11 Å². The summed E-state index contributed by atoms with van der Waals surface area (Å²) in [5.74, 6) is -2.12. The molecule has 0 fully saturated rings. The average Bonchev–Trinajstić information content (AvgIpc) is 2.31. The highest BCUT2D eigenvalue weighted by molar-refractivity contribution is 9.10. The number of rotatable bonds is 3. The van der Waals surface area contributed by atoms with E-state index in [1.807, 2.05) is 0 Å². The van der Waals surface area contributed by atoms with Crippen LogP contribution >= 0.6 is 15.9 Å². The Hall–Kier alpha value is -1.94. The van der Waals surface area contributed by atoms with Crippen LogP contribution in [0.2, 0.25) is 0 Å². The first kappa shape index (κ1) is 13.1. The van der Waals surface area contributed by atoms with Gasteiger partial charge in [0.1, 0.15) is 0 Å². The number of nitriles is 1. The molecule has 0 aliphatic heterocycles. The third-order valence-corrected chi connectivity index (χ3v) is 2.56. The van der Waals surface area contributed by atoms with Crippen molar-refractivity contribution in [2.75, 3.05) is 7.11 Å². The van der Waals surface area contributed by atoms with Crippen LogP contribution in [0.1, 0.15) is 11.5 Å². The van der Waals surface area contributed by atoms with Crippen molar-refractivity contribution in [3.63, 3.8) is 0 Å². The van der Waals surface area contributed by atoms with Crippen LogP contribution in [0.4, 0.5) is 5.69 Å².